The molecule has 0 fully saturated rings. The van der Waals surface area contributed by atoms with Crippen molar-refractivity contribution in [1.29, 1.82) is 0 Å². The van der Waals surface area contributed by atoms with Gasteiger partial charge in [-0.25, -0.2) is 4.39 Å². The smallest absolute Gasteiger partial charge is 0.272 e. The van der Waals surface area contributed by atoms with E-state index in [9.17, 15) is 9.18 Å². The highest BCUT2D eigenvalue weighted by molar-refractivity contribution is 7.16. The summed E-state index contributed by atoms with van der Waals surface area (Å²) in [5, 5.41) is 0.561. The summed E-state index contributed by atoms with van der Waals surface area (Å²) >= 11 is 7.36. The SMILES string of the molecule is CCOCCn1c(=NC(=O)C=Cc2ccccc2Cl)sc2cc(F)ccc21. The third kappa shape index (κ3) is 4.91. The minimum atomic E-state index is -0.410. The fourth-order valence-corrected chi connectivity index (χ4v) is 3.84. The van der Waals surface area contributed by atoms with Crippen molar-refractivity contribution in [2.75, 3.05) is 13.2 Å². The van der Waals surface area contributed by atoms with Crippen LogP contribution in [0.1, 0.15) is 12.5 Å². The average molecular weight is 405 g/mol. The number of fused-ring (bicyclic) bond motifs is 1. The first-order valence-electron chi connectivity index (χ1n) is 8.46. The van der Waals surface area contributed by atoms with E-state index < -0.39 is 5.91 Å². The van der Waals surface area contributed by atoms with E-state index in [0.717, 1.165) is 15.8 Å². The van der Waals surface area contributed by atoms with Crippen molar-refractivity contribution < 1.29 is 13.9 Å². The quantitative estimate of drug-likeness (QED) is 0.442. The Morgan fingerprint density at radius 1 is 1.33 bits per heavy atom. The first-order chi connectivity index (χ1) is 13.1. The van der Waals surface area contributed by atoms with Gasteiger partial charge in [-0.05, 0) is 42.8 Å². The van der Waals surface area contributed by atoms with E-state index in [1.54, 1.807) is 18.2 Å². The molecule has 1 aromatic heterocycles. The number of hydrogen-bond acceptors (Lipinski definition) is 3. The fraction of sp³-hybridized carbons (Fsp3) is 0.200. The van der Waals surface area contributed by atoms with Gasteiger partial charge >= 0.3 is 0 Å². The van der Waals surface area contributed by atoms with E-state index in [0.29, 0.717) is 29.6 Å². The molecule has 0 saturated carbocycles. The van der Waals surface area contributed by atoms with Crippen LogP contribution < -0.4 is 4.80 Å². The maximum atomic E-state index is 13.5. The highest BCUT2D eigenvalue weighted by atomic mass is 35.5. The lowest BCUT2D eigenvalue weighted by Gasteiger charge is -2.05. The van der Waals surface area contributed by atoms with Gasteiger partial charge in [0.25, 0.3) is 5.91 Å². The van der Waals surface area contributed by atoms with Gasteiger partial charge in [0.15, 0.2) is 4.80 Å². The Morgan fingerprint density at radius 2 is 2.15 bits per heavy atom. The van der Waals surface area contributed by atoms with Crippen molar-refractivity contribution >= 4 is 45.1 Å². The fourth-order valence-electron chi connectivity index (χ4n) is 2.55. The Labute approximate surface area is 165 Å². The summed E-state index contributed by atoms with van der Waals surface area (Å²) in [6.07, 6.45) is 3.00. The summed E-state index contributed by atoms with van der Waals surface area (Å²) in [5.41, 5.74) is 1.56. The first-order valence-corrected chi connectivity index (χ1v) is 9.66. The Hall–Kier alpha value is -2.28. The molecule has 4 nitrogen and oxygen atoms in total. The third-order valence-electron chi connectivity index (χ3n) is 3.82. The number of benzene rings is 2. The lowest BCUT2D eigenvalue weighted by atomic mass is 10.2. The molecule has 0 unspecified atom stereocenters. The summed E-state index contributed by atoms with van der Waals surface area (Å²) in [7, 11) is 0. The number of carbonyl (C=O) groups excluding carboxylic acids is 1. The number of hydrogen-bond donors (Lipinski definition) is 0. The molecule has 0 atom stereocenters. The summed E-state index contributed by atoms with van der Waals surface area (Å²) in [6.45, 7) is 3.53. The first kappa shape index (κ1) is 19.5. The molecule has 1 amide bonds. The number of rotatable bonds is 6. The highest BCUT2D eigenvalue weighted by Crippen LogP contribution is 2.19. The molecule has 3 aromatic rings. The van der Waals surface area contributed by atoms with Crippen LogP contribution in [0.4, 0.5) is 4.39 Å². The van der Waals surface area contributed by atoms with Gasteiger partial charge in [0.2, 0.25) is 0 Å². The Balaban J connectivity index is 1.94. The Bertz CT molecular complexity index is 1060. The number of halogens is 2. The summed E-state index contributed by atoms with van der Waals surface area (Å²) in [4.78, 5) is 17.0. The van der Waals surface area contributed by atoms with E-state index in [4.69, 9.17) is 16.3 Å². The monoisotopic (exact) mass is 404 g/mol. The standard InChI is InChI=1S/C20H18ClFN2O2S/c1-2-26-12-11-24-17-9-8-15(22)13-18(17)27-20(24)23-19(25)10-7-14-5-3-4-6-16(14)21/h3-10,13H,2,11-12H2,1H3. The zero-order valence-electron chi connectivity index (χ0n) is 14.7. The highest BCUT2D eigenvalue weighted by Gasteiger charge is 2.08. The largest absolute Gasteiger partial charge is 0.380 e. The van der Waals surface area contributed by atoms with Gasteiger partial charge < -0.3 is 9.30 Å². The van der Waals surface area contributed by atoms with Crippen molar-refractivity contribution in [2.24, 2.45) is 4.99 Å². The van der Waals surface area contributed by atoms with Gasteiger partial charge in [-0.2, -0.15) is 4.99 Å². The van der Waals surface area contributed by atoms with Crippen LogP contribution in [0.3, 0.4) is 0 Å². The molecule has 0 aliphatic rings. The van der Waals surface area contributed by atoms with Crippen LogP contribution in [-0.4, -0.2) is 23.7 Å². The minimum absolute atomic E-state index is 0.322. The second-order valence-corrected chi connectivity index (χ2v) is 7.07. The number of thiazole rings is 1. The van der Waals surface area contributed by atoms with E-state index >= 15 is 0 Å². The second-order valence-electron chi connectivity index (χ2n) is 5.65. The Kier molecular flexibility index (Phi) is 6.55. The predicted octanol–water partition coefficient (Wildman–Crippen LogP) is 4.67. The minimum Gasteiger partial charge on any atom is -0.380 e. The molecule has 0 radical (unpaired) electrons. The molecule has 27 heavy (non-hydrogen) atoms. The molecular weight excluding hydrogens is 387 g/mol. The lowest BCUT2D eigenvalue weighted by Crippen LogP contribution is -2.19. The zero-order chi connectivity index (χ0) is 19.2. The maximum absolute atomic E-state index is 13.5. The second kappa shape index (κ2) is 9.08. The van der Waals surface area contributed by atoms with Crippen LogP contribution in [0.2, 0.25) is 5.02 Å². The molecule has 0 saturated heterocycles. The maximum Gasteiger partial charge on any atom is 0.272 e. The zero-order valence-corrected chi connectivity index (χ0v) is 16.3. The molecule has 2 aromatic carbocycles. The van der Waals surface area contributed by atoms with E-state index in [-0.39, 0.29) is 5.82 Å². The molecular formula is C20H18ClFN2O2S. The van der Waals surface area contributed by atoms with Crippen LogP contribution >= 0.6 is 22.9 Å². The van der Waals surface area contributed by atoms with E-state index in [1.165, 1.54) is 29.5 Å². The van der Waals surface area contributed by atoms with Crippen LogP contribution in [0, 0.1) is 5.82 Å². The van der Waals surface area contributed by atoms with Gasteiger partial charge in [-0.1, -0.05) is 41.1 Å². The summed E-state index contributed by atoms with van der Waals surface area (Å²) in [6, 6.07) is 11.8. The van der Waals surface area contributed by atoms with Crippen LogP contribution in [0.25, 0.3) is 16.3 Å². The van der Waals surface area contributed by atoms with Crippen molar-refractivity contribution in [3.63, 3.8) is 0 Å². The van der Waals surface area contributed by atoms with Crippen LogP contribution in [0.15, 0.2) is 53.5 Å². The molecule has 0 bridgehead atoms. The molecule has 1 heterocycles. The van der Waals surface area contributed by atoms with Crippen molar-refractivity contribution in [3.05, 3.63) is 69.7 Å². The van der Waals surface area contributed by atoms with Gasteiger partial charge in [0.1, 0.15) is 5.82 Å². The Morgan fingerprint density at radius 3 is 2.93 bits per heavy atom. The average Bonchev–Trinajstić information content (AvgIpc) is 2.97. The third-order valence-corrected chi connectivity index (χ3v) is 5.21. The molecule has 7 heteroatoms. The van der Waals surface area contributed by atoms with Crippen LogP contribution in [0.5, 0.6) is 0 Å². The molecule has 140 valence electrons. The van der Waals surface area contributed by atoms with Crippen molar-refractivity contribution in [2.45, 2.75) is 13.5 Å². The topological polar surface area (TPSA) is 43.6 Å². The number of amides is 1. The van der Waals surface area contributed by atoms with Crippen LogP contribution in [-0.2, 0) is 16.1 Å². The van der Waals surface area contributed by atoms with E-state index in [2.05, 4.69) is 4.99 Å². The number of nitrogens with zero attached hydrogens (tertiary/aromatic N) is 2. The number of carbonyl (C=O) groups is 1. The molecule has 0 aliphatic heterocycles. The number of ether oxygens (including phenoxy) is 1. The predicted molar refractivity (Wildman–Crippen MR) is 107 cm³/mol. The van der Waals surface area contributed by atoms with Gasteiger partial charge in [0, 0.05) is 24.3 Å². The number of aromatic nitrogens is 1. The lowest BCUT2D eigenvalue weighted by molar-refractivity contribution is -0.113. The van der Waals surface area contributed by atoms with Gasteiger partial charge in [0.05, 0.1) is 16.8 Å². The summed E-state index contributed by atoms with van der Waals surface area (Å²) in [5.74, 6) is -0.732. The normalized spacial score (nSPS) is 12.3. The molecule has 0 aliphatic carbocycles. The van der Waals surface area contributed by atoms with Gasteiger partial charge in [-0.3, -0.25) is 4.79 Å². The van der Waals surface area contributed by atoms with Crippen molar-refractivity contribution in [1.82, 2.24) is 4.57 Å². The summed E-state index contributed by atoms with van der Waals surface area (Å²) < 4.78 is 21.6. The molecule has 3 rings (SSSR count). The molecule has 0 N–H and O–H groups in total. The molecule has 0 spiro atoms. The van der Waals surface area contributed by atoms with Crippen molar-refractivity contribution in [3.8, 4) is 0 Å². The van der Waals surface area contributed by atoms with E-state index in [1.807, 2.05) is 29.7 Å². The van der Waals surface area contributed by atoms with Gasteiger partial charge in [-0.15, -0.1) is 0 Å².